The summed E-state index contributed by atoms with van der Waals surface area (Å²) in [5, 5.41) is 2.37. The molecule has 0 unspecified atom stereocenters. The smallest absolute Gasteiger partial charge is 0.161 e. The molecule has 0 aliphatic carbocycles. The highest BCUT2D eigenvalue weighted by Crippen LogP contribution is 2.39. The molecule has 0 N–H and O–H groups in total. The first-order valence-electron chi connectivity index (χ1n) is 8.20. The predicted octanol–water partition coefficient (Wildman–Crippen LogP) is 6.18. The molecular weight excluding hydrogens is 324 g/mol. The Hall–Kier alpha value is -3.04. The summed E-state index contributed by atoms with van der Waals surface area (Å²) in [5.74, 6) is 0.776. The quantitative estimate of drug-likeness (QED) is 0.384. The molecule has 0 radical (unpaired) electrons. The van der Waals surface area contributed by atoms with Crippen molar-refractivity contribution in [3.05, 3.63) is 84.9 Å². The fourth-order valence-electron chi connectivity index (χ4n) is 3.14. The molecule has 5 rings (SSSR count). The lowest BCUT2D eigenvalue weighted by Gasteiger charge is -2.07. The SMILES string of the molecule is c1ccc(-c2nc(-c3ccccc3)c3c(n2)sc2ccccc23)cc1. The number of nitrogens with zero attached hydrogens (tertiary/aromatic N) is 2. The highest BCUT2D eigenvalue weighted by Gasteiger charge is 2.16. The van der Waals surface area contributed by atoms with Gasteiger partial charge in [-0.25, -0.2) is 9.97 Å². The summed E-state index contributed by atoms with van der Waals surface area (Å²) in [5.41, 5.74) is 3.16. The van der Waals surface area contributed by atoms with Crippen LogP contribution in [0.15, 0.2) is 84.9 Å². The number of aromatic nitrogens is 2. The van der Waals surface area contributed by atoms with Gasteiger partial charge in [0.25, 0.3) is 0 Å². The lowest BCUT2D eigenvalue weighted by Crippen LogP contribution is -1.93. The maximum absolute atomic E-state index is 4.96. The second-order valence-corrected chi connectivity index (χ2v) is 6.94. The maximum atomic E-state index is 4.96. The van der Waals surface area contributed by atoms with Crippen molar-refractivity contribution in [3.63, 3.8) is 0 Å². The zero-order valence-electron chi connectivity index (χ0n) is 13.4. The molecule has 5 aromatic rings. The highest BCUT2D eigenvalue weighted by atomic mass is 32.1. The fraction of sp³-hybridized carbons (Fsp3) is 0. The lowest BCUT2D eigenvalue weighted by molar-refractivity contribution is 1.24. The third kappa shape index (κ3) is 2.41. The second-order valence-electron chi connectivity index (χ2n) is 5.91. The van der Waals surface area contributed by atoms with E-state index in [4.69, 9.17) is 9.97 Å². The van der Waals surface area contributed by atoms with Crippen molar-refractivity contribution in [2.75, 3.05) is 0 Å². The summed E-state index contributed by atoms with van der Waals surface area (Å²) >= 11 is 1.73. The van der Waals surface area contributed by atoms with Crippen molar-refractivity contribution in [2.45, 2.75) is 0 Å². The topological polar surface area (TPSA) is 25.8 Å². The molecule has 2 nitrogen and oxygen atoms in total. The average molecular weight is 338 g/mol. The number of benzene rings is 3. The van der Waals surface area contributed by atoms with E-state index in [0.29, 0.717) is 0 Å². The molecule has 3 aromatic carbocycles. The molecule has 2 heterocycles. The number of hydrogen-bond donors (Lipinski definition) is 0. The van der Waals surface area contributed by atoms with Gasteiger partial charge in [-0.05, 0) is 6.07 Å². The summed E-state index contributed by atoms with van der Waals surface area (Å²) in [6, 6.07) is 29.0. The molecule has 0 aliphatic rings. The first-order valence-corrected chi connectivity index (χ1v) is 9.02. The van der Waals surface area contributed by atoms with Crippen LogP contribution in [0.2, 0.25) is 0 Å². The Balaban J connectivity index is 1.90. The maximum Gasteiger partial charge on any atom is 0.161 e. The van der Waals surface area contributed by atoms with Crippen LogP contribution < -0.4 is 0 Å². The van der Waals surface area contributed by atoms with Crippen LogP contribution in [0.1, 0.15) is 0 Å². The van der Waals surface area contributed by atoms with E-state index in [9.17, 15) is 0 Å². The summed E-state index contributed by atoms with van der Waals surface area (Å²) in [6.07, 6.45) is 0. The van der Waals surface area contributed by atoms with E-state index in [2.05, 4.69) is 60.7 Å². The van der Waals surface area contributed by atoms with Gasteiger partial charge in [-0.1, -0.05) is 78.9 Å². The Kier molecular flexibility index (Phi) is 3.32. The Morgan fingerprint density at radius 2 is 1.24 bits per heavy atom. The molecule has 25 heavy (non-hydrogen) atoms. The number of hydrogen-bond acceptors (Lipinski definition) is 3. The standard InChI is InChI=1S/C22H14N2S/c1-3-9-15(10-4-1)20-19-17-13-7-8-14-18(17)25-22(19)24-21(23-20)16-11-5-2-6-12-16/h1-14H. The van der Waals surface area contributed by atoms with E-state index in [1.165, 1.54) is 10.1 Å². The van der Waals surface area contributed by atoms with Crippen molar-refractivity contribution < 1.29 is 0 Å². The summed E-state index contributed by atoms with van der Waals surface area (Å²) in [6.45, 7) is 0. The largest absolute Gasteiger partial charge is 0.227 e. The van der Waals surface area contributed by atoms with Gasteiger partial charge in [0.2, 0.25) is 0 Å². The van der Waals surface area contributed by atoms with Gasteiger partial charge in [-0.3, -0.25) is 0 Å². The summed E-state index contributed by atoms with van der Waals surface area (Å²) in [4.78, 5) is 10.9. The van der Waals surface area contributed by atoms with E-state index in [0.717, 1.165) is 32.9 Å². The van der Waals surface area contributed by atoms with Crippen LogP contribution in [0.5, 0.6) is 0 Å². The summed E-state index contributed by atoms with van der Waals surface area (Å²) < 4.78 is 1.24. The van der Waals surface area contributed by atoms with Crippen LogP contribution in [0, 0.1) is 0 Å². The van der Waals surface area contributed by atoms with Crippen molar-refractivity contribution in [1.29, 1.82) is 0 Å². The normalized spacial score (nSPS) is 11.2. The summed E-state index contributed by atoms with van der Waals surface area (Å²) in [7, 11) is 0. The molecule has 0 saturated heterocycles. The number of thiophene rings is 1. The van der Waals surface area contributed by atoms with Crippen LogP contribution in [0.3, 0.4) is 0 Å². The van der Waals surface area contributed by atoms with Crippen molar-refractivity contribution in [1.82, 2.24) is 9.97 Å². The van der Waals surface area contributed by atoms with Gasteiger partial charge in [0, 0.05) is 26.6 Å². The van der Waals surface area contributed by atoms with Gasteiger partial charge in [-0.15, -0.1) is 11.3 Å². The predicted molar refractivity (Wildman–Crippen MR) is 106 cm³/mol. The van der Waals surface area contributed by atoms with Crippen LogP contribution in [-0.2, 0) is 0 Å². The lowest BCUT2D eigenvalue weighted by atomic mass is 10.1. The minimum atomic E-state index is 0.776. The van der Waals surface area contributed by atoms with Crippen molar-refractivity contribution >= 4 is 31.6 Å². The Labute approximate surface area is 149 Å². The molecule has 0 spiro atoms. The Morgan fingerprint density at radius 1 is 0.600 bits per heavy atom. The fourth-order valence-corrected chi connectivity index (χ4v) is 4.22. The average Bonchev–Trinajstić information content (AvgIpc) is 3.07. The van der Waals surface area contributed by atoms with Gasteiger partial charge in [-0.2, -0.15) is 0 Å². The molecule has 3 heteroatoms. The zero-order valence-corrected chi connectivity index (χ0v) is 14.2. The van der Waals surface area contributed by atoms with Gasteiger partial charge < -0.3 is 0 Å². The van der Waals surface area contributed by atoms with Gasteiger partial charge in [0.05, 0.1) is 5.69 Å². The molecule has 2 aromatic heterocycles. The van der Waals surface area contributed by atoms with E-state index in [1.807, 2.05) is 24.3 Å². The van der Waals surface area contributed by atoms with E-state index < -0.39 is 0 Å². The van der Waals surface area contributed by atoms with Crippen LogP contribution in [0.25, 0.3) is 42.9 Å². The van der Waals surface area contributed by atoms with Gasteiger partial charge >= 0.3 is 0 Å². The van der Waals surface area contributed by atoms with Crippen LogP contribution >= 0.6 is 11.3 Å². The molecule has 0 amide bonds. The zero-order chi connectivity index (χ0) is 16.6. The van der Waals surface area contributed by atoms with E-state index in [1.54, 1.807) is 11.3 Å². The monoisotopic (exact) mass is 338 g/mol. The highest BCUT2D eigenvalue weighted by molar-refractivity contribution is 7.25. The number of rotatable bonds is 2. The minimum Gasteiger partial charge on any atom is -0.227 e. The first kappa shape index (κ1) is 14.3. The van der Waals surface area contributed by atoms with Gasteiger partial charge in [0.15, 0.2) is 5.82 Å². The first-order chi connectivity index (χ1) is 12.4. The Morgan fingerprint density at radius 3 is 2.00 bits per heavy atom. The van der Waals surface area contributed by atoms with Crippen molar-refractivity contribution in [3.8, 4) is 22.6 Å². The molecular formula is C22H14N2S. The van der Waals surface area contributed by atoms with E-state index >= 15 is 0 Å². The molecule has 0 fully saturated rings. The van der Waals surface area contributed by atoms with Gasteiger partial charge in [0.1, 0.15) is 4.83 Å². The van der Waals surface area contributed by atoms with Crippen LogP contribution in [-0.4, -0.2) is 9.97 Å². The minimum absolute atomic E-state index is 0.776. The number of fused-ring (bicyclic) bond motifs is 3. The van der Waals surface area contributed by atoms with Crippen LogP contribution in [0.4, 0.5) is 0 Å². The molecule has 0 saturated carbocycles. The second kappa shape index (κ2) is 5.80. The molecule has 0 bridgehead atoms. The third-order valence-corrected chi connectivity index (χ3v) is 5.38. The molecule has 118 valence electrons. The molecule has 0 atom stereocenters. The van der Waals surface area contributed by atoms with E-state index in [-0.39, 0.29) is 0 Å². The Bertz CT molecular complexity index is 1180. The van der Waals surface area contributed by atoms with Crippen molar-refractivity contribution in [2.24, 2.45) is 0 Å². The molecule has 0 aliphatic heterocycles. The third-order valence-electron chi connectivity index (χ3n) is 4.32.